The quantitative estimate of drug-likeness (QED) is 0.691. The molecular formula is C18H16ClN3O2. The van der Waals surface area contributed by atoms with Gasteiger partial charge >= 0.3 is 0 Å². The summed E-state index contributed by atoms with van der Waals surface area (Å²) in [5.74, 6) is -0.0318. The van der Waals surface area contributed by atoms with Gasteiger partial charge in [0.15, 0.2) is 5.78 Å². The molecule has 6 heteroatoms. The van der Waals surface area contributed by atoms with E-state index in [9.17, 15) is 9.59 Å². The summed E-state index contributed by atoms with van der Waals surface area (Å²) >= 11 is 5.84. The molecule has 0 radical (unpaired) electrons. The lowest BCUT2D eigenvalue weighted by atomic mass is 10.1. The Bertz CT molecular complexity index is 919. The van der Waals surface area contributed by atoms with E-state index in [1.165, 1.54) is 0 Å². The van der Waals surface area contributed by atoms with E-state index in [1.54, 1.807) is 24.3 Å². The summed E-state index contributed by atoms with van der Waals surface area (Å²) in [7, 11) is 0. The van der Waals surface area contributed by atoms with Crippen LogP contribution in [0, 0.1) is 0 Å². The van der Waals surface area contributed by atoms with Crippen LogP contribution in [-0.2, 0) is 17.8 Å². The summed E-state index contributed by atoms with van der Waals surface area (Å²) in [6.45, 7) is -0.0444. The SMILES string of the molecule is O=C(CCCc1ccc(Cl)cc1)Cn1nnc2ccccc2c1=O. The number of ketones is 1. The number of carbonyl (C=O) groups excluding carboxylic acids is 1. The molecule has 0 saturated heterocycles. The lowest BCUT2D eigenvalue weighted by Gasteiger charge is -2.05. The van der Waals surface area contributed by atoms with E-state index >= 15 is 0 Å². The second-order valence-electron chi connectivity index (χ2n) is 5.59. The molecule has 122 valence electrons. The van der Waals surface area contributed by atoms with Gasteiger partial charge in [0.1, 0.15) is 12.1 Å². The van der Waals surface area contributed by atoms with Crippen molar-refractivity contribution in [3.05, 3.63) is 69.5 Å². The smallest absolute Gasteiger partial charge is 0.278 e. The van der Waals surface area contributed by atoms with Gasteiger partial charge in [-0.3, -0.25) is 9.59 Å². The normalized spacial score (nSPS) is 10.9. The Hall–Kier alpha value is -2.53. The highest BCUT2D eigenvalue weighted by Gasteiger charge is 2.09. The standard InChI is InChI=1S/C18H16ClN3O2/c19-14-10-8-13(9-11-14)4-3-5-15(23)12-22-18(24)16-6-1-2-7-17(16)20-21-22/h1-2,6-11H,3-5,12H2. The molecule has 2 aromatic carbocycles. The van der Waals surface area contributed by atoms with Crippen molar-refractivity contribution in [3.63, 3.8) is 0 Å². The van der Waals surface area contributed by atoms with Gasteiger partial charge in [-0.15, -0.1) is 5.10 Å². The van der Waals surface area contributed by atoms with Gasteiger partial charge in [-0.25, -0.2) is 4.68 Å². The summed E-state index contributed by atoms with van der Waals surface area (Å²) in [6.07, 6.45) is 1.90. The summed E-state index contributed by atoms with van der Waals surface area (Å²) < 4.78 is 1.13. The fourth-order valence-electron chi connectivity index (χ4n) is 2.51. The average molecular weight is 342 g/mol. The van der Waals surface area contributed by atoms with Gasteiger partial charge in [0.05, 0.1) is 5.39 Å². The first-order valence-corrected chi connectivity index (χ1v) is 8.10. The number of halogens is 1. The zero-order valence-corrected chi connectivity index (χ0v) is 13.7. The first-order chi connectivity index (χ1) is 11.6. The highest BCUT2D eigenvalue weighted by atomic mass is 35.5. The molecule has 0 amide bonds. The Kier molecular flexibility index (Phi) is 5.01. The van der Waals surface area contributed by atoms with E-state index < -0.39 is 0 Å². The first kappa shape index (κ1) is 16.3. The van der Waals surface area contributed by atoms with E-state index in [1.807, 2.05) is 24.3 Å². The van der Waals surface area contributed by atoms with Gasteiger partial charge in [0.25, 0.3) is 5.56 Å². The highest BCUT2D eigenvalue weighted by Crippen LogP contribution is 2.12. The molecule has 0 unspecified atom stereocenters. The minimum Gasteiger partial charge on any atom is -0.298 e. The first-order valence-electron chi connectivity index (χ1n) is 7.72. The molecule has 0 saturated carbocycles. The lowest BCUT2D eigenvalue weighted by Crippen LogP contribution is -2.27. The maximum atomic E-state index is 12.3. The molecule has 0 aliphatic carbocycles. The van der Waals surface area contributed by atoms with Gasteiger partial charge in [-0.1, -0.05) is 41.1 Å². The van der Waals surface area contributed by atoms with Gasteiger partial charge < -0.3 is 0 Å². The summed E-state index contributed by atoms with van der Waals surface area (Å²) in [5, 5.41) is 8.99. The second-order valence-corrected chi connectivity index (χ2v) is 6.02. The number of nitrogens with zero attached hydrogens (tertiary/aromatic N) is 3. The Morgan fingerprint density at radius 1 is 1.08 bits per heavy atom. The number of aryl methyl sites for hydroxylation is 1. The van der Waals surface area contributed by atoms with Crippen molar-refractivity contribution in [3.8, 4) is 0 Å². The monoisotopic (exact) mass is 341 g/mol. The predicted molar refractivity (Wildman–Crippen MR) is 93.2 cm³/mol. The van der Waals surface area contributed by atoms with Crippen LogP contribution in [0.3, 0.4) is 0 Å². The highest BCUT2D eigenvalue weighted by molar-refractivity contribution is 6.30. The van der Waals surface area contributed by atoms with E-state index in [2.05, 4.69) is 10.3 Å². The number of rotatable bonds is 6. The zero-order chi connectivity index (χ0) is 16.9. The third-order valence-corrected chi connectivity index (χ3v) is 4.04. The largest absolute Gasteiger partial charge is 0.298 e. The minimum absolute atomic E-state index is 0.0318. The number of hydrogen-bond donors (Lipinski definition) is 0. The van der Waals surface area contributed by atoms with Crippen LogP contribution in [0.25, 0.3) is 10.9 Å². The van der Waals surface area contributed by atoms with Crippen LogP contribution in [0.1, 0.15) is 18.4 Å². The third kappa shape index (κ3) is 3.86. The van der Waals surface area contributed by atoms with Crippen LogP contribution in [0.15, 0.2) is 53.3 Å². The third-order valence-electron chi connectivity index (χ3n) is 3.79. The molecule has 0 aliphatic rings. The number of benzene rings is 2. The average Bonchev–Trinajstić information content (AvgIpc) is 2.59. The van der Waals surface area contributed by atoms with Crippen molar-refractivity contribution < 1.29 is 4.79 Å². The Labute approximate surface area is 143 Å². The summed E-state index contributed by atoms with van der Waals surface area (Å²) in [5.41, 5.74) is 1.38. The Balaban J connectivity index is 1.60. The molecule has 5 nitrogen and oxygen atoms in total. The molecule has 3 rings (SSSR count). The number of aromatic nitrogens is 3. The molecule has 0 spiro atoms. The maximum Gasteiger partial charge on any atom is 0.278 e. The molecule has 1 aromatic heterocycles. The number of carbonyl (C=O) groups is 1. The van der Waals surface area contributed by atoms with Crippen LogP contribution in [0.4, 0.5) is 0 Å². The van der Waals surface area contributed by atoms with Crippen molar-refractivity contribution in [2.75, 3.05) is 0 Å². The van der Waals surface area contributed by atoms with Crippen molar-refractivity contribution in [1.29, 1.82) is 0 Å². The van der Waals surface area contributed by atoms with E-state index in [0.717, 1.165) is 23.1 Å². The van der Waals surface area contributed by atoms with E-state index in [-0.39, 0.29) is 17.9 Å². The lowest BCUT2D eigenvalue weighted by molar-refractivity contribution is -0.120. The molecule has 0 bridgehead atoms. The summed E-state index contributed by atoms with van der Waals surface area (Å²) in [4.78, 5) is 24.4. The molecule has 24 heavy (non-hydrogen) atoms. The van der Waals surface area contributed by atoms with Crippen LogP contribution >= 0.6 is 11.6 Å². The van der Waals surface area contributed by atoms with Crippen molar-refractivity contribution >= 4 is 28.3 Å². The number of hydrogen-bond acceptors (Lipinski definition) is 4. The van der Waals surface area contributed by atoms with Crippen LogP contribution in [0.5, 0.6) is 0 Å². The zero-order valence-electron chi connectivity index (χ0n) is 13.0. The molecule has 0 fully saturated rings. The van der Waals surface area contributed by atoms with Crippen molar-refractivity contribution in [1.82, 2.24) is 15.0 Å². The predicted octanol–water partition coefficient (Wildman–Crippen LogP) is 3.04. The van der Waals surface area contributed by atoms with Gasteiger partial charge in [-0.2, -0.15) is 0 Å². The van der Waals surface area contributed by atoms with E-state index in [4.69, 9.17) is 11.6 Å². The van der Waals surface area contributed by atoms with E-state index in [0.29, 0.717) is 22.3 Å². The summed E-state index contributed by atoms with van der Waals surface area (Å²) in [6, 6.07) is 14.5. The maximum absolute atomic E-state index is 12.3. The topological polar surface area (TPSA) is 64.8 Å². The molecular weight excluding hydrogens is 326 g/mol. The van der Waals surface area contributed by atoms with Crippen molar-refractivity contribution in [2.45, 2.75) is 25.8 Å². The molecule has 1 heterocycles. The molecule has 0 aliphatic heterocycles. The van der Waals surface area contributed by atoms with Gasteiger partial charge in [-0.05, 0) is 42.7 Å². The van der Waals surface area contributed by atoms with Crippen LogP contribution < -0.4 is 5.56 Å². The minimum atomic E-state index is -0.286. The molecule has 0 atom stereocenters. The number of Topliss-reactive ketones (excluding diaryl/α,β-unsaturated/α-hetero) is 1. The van der Waals surface area contributed by atoms with Crippen molar-refractivity contribution in [2.24, 2.45) is 0 Å². The Morgan fingerprint density at radius 3 is 2.62 bits per heavy atom. The molecule has 0 N–H and O–H groups in total. The van der Waals surface area contributed by atoms with Gasteiger partial charge in [0, 0.05) is 11.4 Å². The molecule has 3 aromatic rings. The van der Waals surface area contributed by atoms with Gasteiger partial charge in [0.2, 0.25) is 0 Å². The second kappa shape index (κ2) is 7.36. The fraction of sp³-hybridized carbons (Fsp3) is 0.222. The Morgan fingerprint density at radius 2 is 1.83 bits per heavy atom. The van der Waals surface area contributed by atoms with Crippen LogP contribution in [0.2, 0.25) is 5.02 Å². The number of fused-ring (bicyclic) bond motifs is 1. The fourth-order valence-corrected chi connectivity index (χ4v) is 2.64. The van der Waals surface area contributed by atoms with Crippen LogP contribution in [-0.4, -0.2) is 20.8 Å².